The third-order valence-electron chi connectivity index (χ3n) is 6.37. The molecule has 1 aliphatic rings. The van der Waals surface area contributed by atoms with Gasteiger partial charge in [-0.15, -0.1) is 0 Å². The Morgan fingerprint density at radius 2 is 1.72 bits per heavy atom. The average molecular weight is 554 g/mol. The lowest BCUT2D eigenvalue weighted by atomic mass is 9.90. The van der Waals surface area contributed by atoms with Crippen LogP contribution in [0.2, 0.25) is 0 Å². The van der Waals surface area contributed by atoms with Crippen molar-refractivity contribution in [3.63, 3.8) is 0 Å². The predicted molar refractivity (Wildman–Crippen MR) is 142 cm³/mol. The fraction of sp³-hybridized carbons (Fsp3) is 0.143. The molecule has 39 heavy (non-hydrogen) atoms. The number of carbonyl (C=O) groups excluding carboxylic acids is 1. The van der Waals surface area contributed by atoms with Crippen molar-refractivity contribution in [1.29, 1.82) is 0 Å². The van der Waals surface area contributed by atoms with Crippen molar-refractivity contribution in [1.82, 2.24) is 4.98 Å². The van der Waals surface area contributed by atoms with E-state index in [2.05, 4.69) is 9.71 Å². The lowest BCUT2D eigenvalue weighted by molar-refractivity contribution is -0.137. The lowest BCUT2D eigenvalue weighted by Gasteiger charge is -2.29. The summed E-state index contributed by atoms with van der Waals surface area (Å²) in [5, 5.41) is 10.0. The number of aromatic hydroxyl groups is 1. The van der Waals surface area contributed by atoms with Crippen LogP contribution in [0.25, 0.3) is 22.4 Å². The van der Waals surface area contributed by atoms with Crippen LogP contribution in [0.5, 0.6) is 5.75 Å². The van der Waals surface area contributed by atoms with Gasteiger partial charge < -0.3 is 10.0 Å². The van der Waals surface area contributed by atoms with Crippen LogP contribution in [0, 0.1) is 0 Å². The zero-order valence-corrected chi connectivity index (χ0v) is 21.3. The molecule has 4 aromatic rings. The maximum Gasteiger partial charge on any atom is 0.416 e. The number of phenolic OH excluding ortho intramolecular Hbond substituents is 1. The number of benzene rings is 3. The molecule has 3 aromatic carbocycles. The van der Waals surface area contributed by atoms with E-state index in [1.807, 2.05) is 0 Å². The summed E-state index contributed by atoms with van der Waals surface area (Å²) in [6.45, 7) is 0.276. The number of rotatable bonds is 5. The Bertz CT molecular complexity index is 1690. The number of amides is 1. The van der Waals surface area contributed by atoms with Gasteiger partial charge in [-0.3, -0.25) is 14.5 Å². The van der Waals surface area contributed by atoms with Crippen molar-refractivity contribution in [3.05, 3.63) is 95.7 Å². The number of nitrogens with one attached hydrogen (secondary N) is 1. The molecule has 200 valence electrons. The first kappa shape index (κ1) is 26.2. The van der Waals surface area contributed by atoms with Crippen LogP contribution in [0.1, 0.15) is 21.5 Å². The molecule has 0 spiro atoms. The second-order valence-corrected chi connectivity index (χ2v) is 10.9. The van der Waals surface area contributed by atoms with Crippen molar-refractivity contribution >= 4 is 27.3 Å². The number of fused-ring (bicyclic) bond motifs is 1. The quantitative estimate of drug-likeness (QED) is 0.308. The van der Waals surface area contributed by atoms with E-state index in [-0.39, 0.29) is 23.9 Å². The number of carbonyl (C=O) groups is 1. The molecule has 1 amide bonds. The highest BCUT2D eigenvalue weighted by Gasteiger charge is 2.32. The predicted octanol–water partition coefficient (Wildman–Crippen LogP) is 5.71. The molecule has 5 rings (SSSR count). The van der Waals surface area contributed by atoms with E-state index in [0.717, 1.165) is 24.0 Å². The Kier molecular flexibility index (Phi) is 6.55. The maximum atomic E-state index is 13.5. The summed E-state index contributed by atoms with van der Waals surface area (Å²) in [5.74, 6) is -0.602. The first-order valence-electron chi connectivity index (χ1n) is 11.8. The molecule has 0 bridgehead atoms. The number of sulfonamides is 1. The van der Waals surface area contributed by atoms with Gasteiger partial charge in [-0.1, -0.05) is 24.3 Å². The van der Waals surface area contributed by atoms with Crippen LogP contribution >= 0.6 is 0 Å². The Morgan fingerprint density at radius 3 is 2.41 bits per heavy atom. The average Bonchev–Trinajstić information content (AvgIpc) is 2.89. The molecule has 1 aromatic heterocycles. The second-order valence-electron chi connectivity index (χ2n) is 9.13. The molecule has 0 aliphatic carbocycles. The Balaban J connectivity index is 1.51. The summed E-state index contributed by atoms with van der Waals surface area (Å²) >= 11 is 0. The van der Waals surface area contributed by atoms with Gasteiger partial charge in [-0.25, -0.2) is 8.42 Å². The minimum Gasteiger partial charge on any atom is -0.506 e. The molecule has 0 saturated heterocycles. The van der Waals surface area contributed by atoms with Crippen molar-refractivity contribution in [3.8, 4) is 28.1 Å². The molecule has 0 atom stereocenters. The molecule has 2 N–H and O–H groups in total. The summed E-state index contributed by atoms with van der Waals surface area (Å²) in [5.41, 5.74) is 2.63. The first-order chi connectivity index (χ1) is 18.4. The second kappa shape index (κ2) is 9.73. The van der Waals surface area contributed by atoms with Crippen molar-refractivity contribution < 1.29 is 31.5 Å². The Hall–Kier alpha value is -4.38. The van der Waals surface area contributed by atoms with E-state index in [9.17, 15) is 31.5 Å². The standard InChI is InChI=1S/C28H22F3N3O4S/c1-39(37,38)33-25-16-20(7-10-26(25)35)34-13-11-18-14-17(5-8-22(18)27(34)36)21-9-6-19(28(29,30)31)15-23(21)24-4-2-3-12-32-24/h2-10,12,14-16,33,35H,11,13H2,1H3. The molecule has 0 saturated carbocycles. The third kappa shape index (κ3) is 5.44. The first-order valence-corrected chi connectivity index (χ1v) is 13.7. The van der Waals surface area contributed by atoms with Crippen LogP contribution in [-0.2, 0) is 22.6 Å². The van der Waals surface area contributed by atoms with Crippen molar-refractivity contribution in [2.24, 2.45) is 0 Å². The van der Waals surface area contributed by atoms with Crippen LogP contribution in [0.3, 0.4) is 0 Å². The van der Waals surface area contributed by atoms with Gasteiger partial charge in [0.25, 0.3) is 5.91 Å². The van der Waals surface area contributed by atoms with Gasteiger partial charge in [0.1, 0.15) is 5.75 Å². The summed E-state index contributed by atoms with van der Waals surface area (Å²) in [6.07, 6.45) is -1.60. The number of halogens is 3. The van der Waals surface area contributed by atoms with Crippen LogP contribution in [-0.4, -0.2) is 37.2 Å². The van der Waals surface area contributed by atoms with E-state index in [0.29, 0.717) is 40.1 Å². The van der Waals surface area contributed by atoms with Gasteiger partial charge >= 0.3 is 6.18 Å². The number of anilines is 2. The van der Waals surface area contributed by atoms with Gasteiger partial charge in [0.05, 0.1) is 23.2 Å². The fourth-order valence-electron chi connectivity index (χ4n) is 4.58. The zero-order valence-electron chi connectivity index (χ0n) is 20.5. The highest BCUT2D eigenvalue weighted by atomic mass is 32.2. The number of alkyl halides is 3. The van der Waals surface area contributed by atoms with Crippen LogP contribution in [0.4, 0.5) is 24.5 Å². The minimum atomic E-state index is -4.52. The van der Waals surface area contributed by atoms with Gasteiger partial charge in [-0.2, -0.15) is 13.2 Å². The molecule has 0 unspecified atom stereocenters. The van der Waals surface area contributed by atoms with Gasteiger partial charge in [0, 0.05) is 29.6 Å². The minimum absolute atomic E-state index is 0.0479. The van der Waals surface area contributed by atoms with Crippen LogP contribution < -0.4 is 9.62 Å². The molecule has 11 heteroatoms. The van der Waals surface area contributed by atoms with Crippen molar-refractivity contribution in [2.45, 2.75) is 12.6 Å². The normalized spacial score (nSPS) is 13.7. The Morgan fingerprint density at radius 1 is 0.949 bits per heavy atom. The van der Waals surface area contributed by atoms with E-state index in [1.165, 1.54) is 35.4 Å². The van der Waals surface area contributed by atoms with Crippen LogP contribution in [0.15, 0.2) is 79.0 Å². The monoisotopic (exact) mass is 553 g/mol. The van der Waals surface area contributed by atoms with Gasteiger partial charge in [0.15, 0.2) is 0 Å². The molecular weight excluding hydrogens is 531 g/mol. The topological polar surface area (TPSA) is 99.6 Å². The molecule has 0 radical (unpaired) electrons. The molecular formula is C28H22F3N3O4S. The highest BCUT2D eigenvalue weighted by Crippen LogP contribution is 2.39. The van der Waals surface area contributed by atoms with Gasteiger partial charge in [0.2, 0.25) is 10.0 Å². The summed E-state index contributed by atoms with van der Waals surface area (Å²) in [6, 6.07) is 17.9. The van der Waals surface area contributed by atoms with Crippen molar-refractivity contribution in [2.75, 3.05) is 22.4 Å². The van der Waals surface area contributed by atoms with E-state index < -0.39 is 21.8 Å². The summed E-state index contributed by atoms with van der Waals surface area (Å²) < 4.78 is 65.9. The third-order valence-corrected chi connectivity index (χ3v) is 6.96. The highest BCUT2D eigenvalue weighted by molar-refractivity contribution is 7.92. The lowest BCUT2D eigenvalue weighted by Crippen LogP contribution is -2.37. The maximum absolute atomic E-state index is 13.5. The number of nitrogens with zero attached hydrogens (tertiary/aromatic N) is 2. The largest absolute Gasteiger partial charge is 0.506 e. The fourth-order valence-corrected chi connectivity index (χ4v) is 5.14. The SMILES string of the molecule is CS(=O)(=O)Nc1cc(N2CCc3cc(-c4ccc(C(F)(F)F)cc4-c4ccccn4)ccc3C2=O)ccc1O. The molecule has 7 nitrogen and oxygen atoms in total. The molecule has 0 fully saturated rings. The molecule has 1 aliphatic heterocycles. The van der Waals surface area contributed by atoms with E-state index in [4.69, 9.17) is 0 Å². The molecule has 2 heterocycles. The number of pyridine rings is 1. The number of hydrogen-bond donors (Lipinski definition) is 2. The summed E-state index contributed by atoms with van der Waals surface area (Å²) in [4.78, 5) is 19.1. The summed E-state index contributed by atoms with van der Waals surface area (Å²) in [7, 11) is -3.66. The number of aromatic nitrogens is 1. The zero-order chi connectivity index (χ0) is 27.9. The Labute approximate surface area is 222 Å². The number of hydrogen-bond acceptors (Lipinski definition) is 5. The smallest absolute Gasteiger partial charge is 0.416 e. The van der Waals surface area contributed by atoms with E-state index in [1.54, 1.807) is 36.4 Å². The van der Waals surface area contributed by atoms with Gasteiger partial charge in [-0.05, 0) is 71.6 Å². The number of phenols is 1. The van der Waals surface area contributed by atoms with E-state index >= 15 is 0 Å².